The molecule has 0 atom stereocenters. The highest BCUT2D eigenvalue weighted by molar-refractivity contribution is 5.93. The highest BCUT2D eigenvalue weighted by Crippen LogP contribution is 2.23. The average molecular weight is 467 g/mol. The van der Waals surface area contributed by atoms with Crippen molar-refractivity contribution in [3.8, 4) is 0 Å². The molecule has 1 heterocycles. The number of nitrogens with one attached hydrogen (secondary N) is 3. The van der Waals surface area contributed by atoms with Gasteiger partial charge in [-0.05, 0) is 37.8 Å². The second kappa shape index (κ2) is 12.6. The van der Waals surface area contributed by atoms with E-state index in [1.165, 1.54) is 32.1 Å². The number of carboxylic acid groups (broad SMARTS) is 1. The SMILES string of the molecule is Cc1cnc(NCC2CCCCC2)nc1NCC(=O)Nc1ccccc1.O=C(O)C(F)(F)F. The fraction of sp³-hybridized carbons (Fsp3) is 0.455. The van der Waals surface area contributed by atoms with Crippen LogP contribution in [0.1, 0.15) is 37.7 Å². The van der Waals surface area contributed by atoms with Crippen LogP contribution >= 0.6 is 0 Å². The van der Waals surface area contributed by atoms with Gasteiger partial charge in [0.25, 0.3) is 0 Å². The molecule has 3 rings (SSSR count). The zero-order chi connectivity index (χ0) is 24.3. The summed E-state index contributed by atoms with van der Waals surface area (Å²) >= 11 is 0. The molecule has 0 aliphatic heterocycles. The summed E-state index contributed by atoms with van der Waals surface area (Å²) in [5.74, 6) is -0.846. The van der Waals surface area contributed by atoms with Crippen molar-refractivity contribution in [3.05, 3.63) is 42.1 Å². The third-order valence-corrected chi connectivity index (χ3v) is 4.96. The Morgan fingerprint density at radius 1 is 1.09 bits per heavy atom. The van der Waals surface area contributed by atoms with Gasteiger partial charge < -0.3 is 21.1 Å². The zero-order valence-corrected chi connectivity index (χ0v) is 18.3. The molecule has 1 amide bonds. The number of aromatic nitrogens is 2. The van der Waals surface area contributed by atoms with Crippen molar-refractivity contribution in [2.45, 2.75) is 45.2 Å². The zero-order valence-electron chi connectivity index (χ0n) is 18.3. The van der Waals surface area contributed by atoms with Crippen LogP contribution in [0.15, 0.2) is 36.5 Å². The van der Waals surface area contributed by atoms with Crippen LogP contribution in [0.5, 0.6) is 0 Å². The Morgan fingerprint density at radius 3 is 2.33 bits per heavy atom. The molecule has 0 saturated heterocycles. The first kappa shape index (κ1) is 25.9. The topological polar surface area (TPSA) is 116 Å². The highest BCUT2D eigenvalue weighted by Gasteiger charge is 2.38. The van der Waals surface area contributed by atoms with Crippen LogP contribution in [-0.2, 0) is 9.59 Å². The molecule has 11 heteroatoms. The molecule has 4 N–H and O–H groups in total. The van der Waals surface area contributed by atoms with E-state index in [9.17, 15) is 18.0 Å². The van der Waals surface area contributed by atoms with Gasteiger partial charge in [-0.15, -0.1) is 0 Å². The first-order chi connectivity index (χ1) is 15.6. The molecule has 1 fully saturated rings. The Hall–Kier alpha value is -3.37. The van der Waals surface area contributed by atoms with Crippen LogP contribution < -0.4 is 16.0 Å². The highest BCUT2D eigenvalue weighted by atomic mass is 19.4. The Kier molecular flexibility index (Phi) is 9.89. The number of carbonyl (C=O) groups is 2. The first-order valence-corrected chi connectivity index (χ1v) is 10.6. The number of aryl methyl sites for hydroxylation is 1. The van der Waals surface area contributed by atoms with E-state index in [1.54, 1.807) is 6.20 Å². The minimum Gasteiger partial charge on any atom is -0.475 e. The van der Waals surface area contributed by atoms with Gasteiger partial charge in [0.05, 0.1) is 6.54 Å². The predicted molar refractivity (Wildman–Crippen MR) is 119 cm³/mol. The van der Waals surface area contributed by atoms with Crippen molar-refractivity contribution in [1.29, 1.82) is 0 Å². The summed E-state index contributed by atoms with van der Waals surface area (Å²) in [4.78, 5) is 29.9. The molecule has 0 bridgehead atoms. The molecule has 8 nitrogen and oxygen atoms in total. The molecular weight excluding hydrogens is 439 g/mol. The van der Waals surface area contributed by atoms with Gasteiger partial charge in [-0.2, -0.15) is 18.2 Å². The summed E-state index contributed by atoms with van der Waals surface area (Å²) in [6, 6.07) is 9.42. The summed E-state index contributed by atoms with van der Waals surface area (Å²) in [5.41, 5.74) is 1.70. The van der Waals surface area contributed by atoms with Crippen molar-refractivity contribution < 1.29 is 27.9 Å². The molecule has 1 aliphatic rings. The molecule has 180 valence electrons. The second-order valence-electron chi connectivity index (χ2n) is 7.68. The third kappa shape index (κ3) is 9.75. The molecule has 1 aromatic carbocycles. The number of anilines is 3. The fourth-order valence-corrected chi connectivity index (χ4v) is 3.22. The van der Waals surface area contributed by atoms with Crippen molar-refractivity contribution in [1.82, 2.24) is 9.97 Å². The number of hydrogen-bond acceptors (Lipinski definition) is 6. The molecule has 0 radical (unpaired) electrons. The summed E-state index contributed by atoms with van der Waals surface area (Å²) in [6.07, 6.45) is 3.27. The molecule has 1 aromatic heterocycles. The standard InChI is InChI=1S/C20H27N5O.C2HF3O2/c1-15-12-22-20(23-13-16-8-4-2-5-9-16)25-19(15)21-14-18(26)24-17-10-6-3-7-11-17;3-2(4,5)1(6)7/h3,6-7,10-12,16H,2,4-5,8-9,13-14H2,1H3,(H,24,26)(H2,21,22,23,25);(H,6,7). The number of para-hydroxylation sites is 1. The fourth-order valence-electron chi connectivity index (χ4n) is 3.22. The van der Waals surface area contributed by atoms with Crippen LogP contribution in [0, 0.1) is 12.8 Å². The minimum atomic E-state index is -5.08. The maximum absolute atomic E-state index is 12.1. The van der Waals surface area contributed by atoms with Gasteiger partial charge in [-0.3, -0.25) is 4.79 Å². The number of rotatable bonds is 7. The number of benzene rings is 1. The van der Waals surface area contributed by atoms with Gasteiger partial charge in [0.2, 0.25) is 11.9 Å². The lowest BCUT2D eigenvalue weighted by molar-refractivity contribution is -0.192. The van der Waals surface area contributed by atoms with Crippen LogP contribution in [0.4, 0.5) is 30.6 Å². The van der Waals surface area contributed by atoms with Crippen LogP contribution in [0.2, 0.25) is 0 Å². The minimum absolute atomic E-state index is 0.106. The van der Waals surface area contributed by atoms with Gasteiger partial charge in [0.15, 0.2) is 0 Å². The molecule has 1 saturated carbocycles. The first-order valence-electron chi connectivity index (χ1n) is 10.6. The van der Waals surface area contributed by atoms with Crippen molar-refractivity contribution in [2.24, 2.45) is 5.92 Å². The van der Waals surface area contributed by atoms with E-state index >= 15 is 0 Å². The largest absolute Gasteiger partial charge is 0.490 e. The van der Waals surface area contributed by atoms with E-state index in [0.717, 1.165) is 17.8 Å². The monoisotopic (exact) mass is 467 g/mol. The number of hydrogen-bond donors (Lipinski definition) is 4. The lowest BCUT2D eigenvalue weighted by atomic mass is 9.89. The maximum Gasteiger partial charge on any atom is 0.490 e. The number of carboxylic acids is 1. The van der Waals surface area contributed by atoms with E-state index in [-0.39, 0.29) is 12.5 Å². The number of nitrogens with zero attached hydrogens (tertiary/aromatic N) is 2. The van der Waals surface area contributed by atoms with E-state index in [4.69, 9.17) is 9.90 Å². The number of amides is 1. The van der Waals surface area contributed by atoms with E-state index < -0.39 is 12.1 Å². The van der Waals surface area contributed by atoms with Crippen molar-refractivity contribution in [2.75, 3.05) is 29.0 Å². The summed E-state index contributed by atoms with van der Waals surface area (Å²) in [5, 5.41) is 16.4. The second-order valence-corrected chi connectivity index (χ2v) is 7.68. The van der Waals surface area contributed by atoms with Crippen molar-refractivity contribution >= 4 is 29.3 Å². The van der Waals surface area contributed by atoms with Gasteiger partial charge in [-0.1, -0.05) is 37.5 Å². The van der Waals surface area contributed by atoms with E-state index in [2.05, 4.69) is 25.9 Å². The number of halogens is 3. The lowest BCUT2D eigenvalue weighted by Gasteiger charge is -2.21. The molecule has 0 unspecified atom stereocenters. The van der Waals surface area contributed by atoms with Gasteiger partial charge in [-0.25, -0.2) is 9.78 Å². The quantitative estimate of drug-likeness (QED) is 0.475. The normalized spacial score (nSPS) is 13.9. The Balaban J connectivity index is 0.000000479. The van der Waals surface area contributed by atoms with Gasteiger partial charge in [0, 0.05) is 24.0 Å². The lowest BCUT2D eigenvalue weighted by Crippen LogP contribution is -2.23. The number of carbonyl (C=O) groups excluding carboxylic acids is 1. The molecular formula is C22H28F3N5O3. The molecule has 0 spiro atoms. The van der Waals surface area contributed by atoms with Gasteiger partial charge >= 0.3 is 12.1 Å². The Labute approximate surface area is 190 Å². The van der Waals surface area contributed by atoms with Crippen LogP contribution in [0.25, 0.3) is 0 Å². The van der Waals surface area contributed by atoms with Gasteiger partial charge in [0.1, 0.15) is 5.82 Å². The predicted octanol–water partition coefficient (Wildman–Crippen LogP) is 4.46. The van der Waals surface area contributed by atoms with Crippen LogP contribution in [0.3, 0.4) is 0 Å². The molecule has 33 heavy (non-hydrogen) atoms. The number of alkyl halides is 3. The van der Waals surface area contributed by atoms with E-state index in [1.807, 2.05) is 37.3 Å². The molecule has 1 aliphatic carbocycles. The Morgan fingerprint density at radius 2 is 1.73 bits per heavy atom. The summed E-state index contributed by atoms with van der Waals surface area (Å²) < 4.78 is 31.7. The maximum atomic E-state index is 12.1. The molecule has 2 aromatic rings. The smallest absolute Gasteiger partial charge is 0.475 e. The average Bonchev–Trinajstić information content (AvgIpc) is 2.79. The van der Waals surface area contributed by atoms with Crippen molar-refractivity contribution in [3.63, 3.8) is 0 Å². The number of aliphatic carboxylic acids is 1. The van der Waals surface area contributed by atoms with E-state index in [0.29, 0.717) is 17.7 Å². The third-order valence-electron chi connectivity index (χ3n) is 4.96. The summed E-state index contributed by atoms with van der Waals surface area (Å²) in [7, 11) is 0. The van der Waals surface area contributed by atoms with Crippen LogP contribution in [-0.4, -0.2) is 46.2 Å². The summed E-state index contributed by atoms with van der Waals surface area (Å²) in [6.45, 7) is 3.01. The Bertz CT molecular complexity index is 904.